The van der Waals surface area contributed by atoms with E-state index in [-0.39, 0.29) is 138 Å². The molecule has 0 saturated heterocycles. The number of amides is 4. The van der Waals surface area contributed by atoms with Gasteiger partial charge >= 0.3 is 78.1 Å². The van der Waals surface area contributed by atoms with Crippen LogP contribution in [0.2, 0.25) is 0 Å². The Morgan fingerprint density at radius 2 is 0.991 bits per heavy atom. The van der Waals surface area contributed by atoms with E-state index in [1.54, 1.807) is 59.7 Å². The van der Waals surface area contributed by atoms with Gasteiger partial charge in [0.2, 0.25) is 0 Å². The third-order valence-corrected chi connectivity index (χ3v) is 17.9. The summed E-state index contributed by atoms with van der Waals surface area (Å²) in [6, 6.07) is 4.89. The number of carbonyl (C=O) groups excluding carboxylic acids is 13. The van der Waals surface area contributed by atoms with Crippen molar-refractivity contribution in [2.45, 2.75) is 127 Å². The van der Waals surface area contributed by atoms with Gasteiger partial charge in [-0.3, -0.25) is 34.6 Å². The van der Waals surface area contributed by atoms with Gasteiger partial charge in [0, 0.05) is 70.5 Å². The molecular weight excluding hydrogens is 1520 g/mol. The third-order valence-electron chi connectivity index (χ3n) is 13.3. The minimum atomic E-state index is -0.746. The van der Waals surface area contributed by atoms with Gasteiger partial charge in [0.05, 0.1) is 68.9 Å². The Kier molecular flexibility index (Phi) is 66.2. The summed E-state index contributed by atoms with van der Waals surface area (Å²) in [6.45, 7) is 29.2. The molecule has 0 aliphatic carbocycles. The minimum Gasteiger partial charge on any atom is -0.469 e. The van der Waals surface area contributed by atoms with Crippen molar-refractivity contribution in [3.63, 3.8) is 0 Å². The number of thioether (sulfide) groups is 4. The van der Waals surface area contributed by atoms with Crippen molar-refractivity contribution in [3.05, 3.63) is 73.4 Å². The zero-order chi connectivity index (χ0) is 83.5. The van der Waals surface area contributed by atoms with E-state index in [1.165, 1.54) is 119 Å². The number of carbonyl (C=O) groups is 13. The number of ether oxygens (including phenoxy) is 12. The van der Waals surface area contributed by atoms with Crippen LogP contribution in [-0.4, -0.2) is 240 Å². The number of nitrogens with zero attached hydrogens (tertiary/aromatic N) is 1. The first-order chi connectivity index (χ1) is 52.2. The number of methoxy groups -OCH3 is 1. The van der Waals surface area contributed by atoms with E-state index < -0.39 is 65.6 Å². The number of rotatable bonds is 54. The summed E-state index contributed by atoms with van der Waals surface area (Å²) < 4.78 is 58.6. The van der Waals surface area contributed by atoms with Crippen LogP contribution < -0.4 is 21.3 Å². The smallest absolute Gasteiger partial charge is 0.411 e. The molecule has 33 nitrogen and oxygen atoms in total. The van der Waals surface area contributed by atoms with Crippen molar-refractivity contribution in [2.24, 2.45) is 23.2 Å². The molecule has 626 valence electrons. The predicted octanol–water partition coefficient (Wildman–Crippen LogP) is 10.0. The highest BCUT2D eigenvalue weighted by atomic mass is 32.2. The highest BCUT2D eigenvalue weighted by molar-refractivity contribution is 8.00. The van der Waals surface area contributed by atoms with E-state index in [0.29, 0.717) is 52.3 Å². The lowest BCUT2D eigenvalue weighted by Gasteiger charge is -2.20. The van der Waals surface area contributed by atoms with Gasteiger partial charge in [0.1, 0.15) is 58.1 Å². The molecule has 0 heterocycles. The summed E-state index contributed by atoms with van der Waals surface area (Å²) in [6.07, 6.45) is 11.8. The van der Waals surface area contributed by atoms with Crippen molar-refractivity contribution >= 4 is 137 Å². The van der Waals surface area contributed by atoms with Crippen molar-refractivity contribution in [1.29, 1.82) is 0 Å². The Morgan fingerprint density at radius 3 is 1.48 bits per heavy atom. The third kappa shape index (κ3) is 62.5. The Balaban J connectivity index is -0.00000141. The minimum absolute atomic E-state index is 0.0246. The number of hydroxylamine groups is 2. The van der Waals surface area contributed by atoms with Crippen LogP contribution in [0.3, 0.4) is 0 Å². The van der Waals surface area contributed by atoms with E-state index in [1.807, 2.05) is 6.92 Å². The van der Waals surface area contributed by atoms with E-state index in [0.717, 1.165) is 35.6 Å². The van der Waals surface area contributed by atoms with Gasteiger partial charge < -0.3 is 82.5 Å². The molecule has 0 bridgehead atoms. The molecule has 0 aliphatic rings. The average molecular weight is 1640 g/mol. The van der Waals surface area contributed by atoms with Crippen molar-refractivity contribution in [2.75, 3.05) is 157 Å². The molecule has 0 fully saturated rings. The van der Waals surface area contributed by atoms with Crippen LogP contribution in [0.5, 0.6) is 0 Å². The van der Waals surface area contributed by atoms with Gasteiger partial charge in [0.25, 0.3) is 0 Å². The lowest BCUT2D eigenvalue weighted by molar-refractivity contribution is -0.201. The molecule has 0 saturated carbocycles. The molecule has 37 heteroatoms. The maximum atomic E-state index is 12.0. The number of aryl methyl sites for hydroxylation is 1. The fourth-order valence-corrected chi connectivity index (χ4v) is 10.7. The quantitative estimate of drug-likeness (QED) is 0.00881. The maximum Gasteiger partial charge on any atom is 0.411 e. The molecule has 0 aromatic heterocycles. The first-order valence-electron chi connectivity index (χ1n) is 35.3. The van der Waals surface area contributed by atoms with Gasteiger partial charge in [-0.15, -0.1) is 40.3 Å². The fourth-order valence-electron chi connectivity index (χ4n) is 7.31. The van der Waals surface area contributed by atoms with Crippen molar-refractivity contribution in [3.8, 4) is 0 Å². The molecule has 0 aliphatic heterocycles. The molecule has 0 spiro atoms. The zero-order valence-electron chi connectivity index (χ0n) is 65.5. The maximum absolute atomic E-state index is 12.0. The number of aliphatic hydroxyl groups is 2. The Morgan fingerprint density at radius 1 is 0.536 bits per heavy atom. The monoisotopic (exact) mass is 1640 g/mol. The number of hydrogen-bond donors (Lipinski definition) is 6. The molecule has 1 aromatic rings. The number of anilines is 2. The molecule has 4 amide bonds. The molecule has 6 N–H and O–H groups in total. The van der Waals surface area contributed by atoms with E-state index in [4.69, 9.17) is 62.4 Å². The summed E-state index contributed by atoms with van der Waals surface area (Å²) in [7, 11) is 2.78. The Labute approximate surface area is 663 Å². The highest BCUT2D eigenvalue weighted by Gasteiger charge is 2.29. The summed E-state index contributed by atoms with van der Waals surface area (Å²) in [5.74, 6) is -2.37. The van der Waals surface area contributed by atoms with Gasteiger partial charge in [-0.25, -0.2) is 38.4 Å². The normalized spacial score (nSPS) is 11.2. The summed E-state index contributed by atoms with van der Waals surface area (Å²) in [4.78, 5) is 154. The molecular formula is C73H117N5O28S4. The number of alkyl carbamates (subject to hydrolysis) is 2. The highest BCUT2D eigenvalue weighted by Crippen LogP contribution is 2.24. The number of nitrogens with one attached hydrogen (secondary N) is 4. The van der Waals surface area contributed by atoms with Crippen LogP contribution in [0.25, 0.3) is 0 Å². The number of benzene rings is 1. The second-order valence-electron chi connectivity index (χ2n) is 24.1. The number of esters is 8. The summed E-state index contributed by atoms with van der Waals surface area (Å²) in [5.41, 5.74) is 1.44. The zero-order valence-corrected chi connectivity index (χ0v) is 68.7. The first kappa shape index (κ1) is 106. The second-order valence-corrected chi connectivity index (χ2v) is 28.2. The number of unbranched alkanes of at least 4 members (excludes halogenated alkanes) is 9. The van der Waals surface area contributed by atoms with Crippen LogP contribution in [0.1, 0.15) is 125 Å². The molecule has 3 atom stereocenters. The topological polar surface area (TPSA) is 434 Å². The van der Waals surface area contributed by atoms with E-state index in [2.05, 4.69) is 64.0 Å². The van der Waals surface area contributed by atoms with Crippen LogP contribution in [0, 0.1) is 30.1 Å². The largest absolute Gasteiger partial charge is 0.469 e. The average Bonchev–Trinajstić information content (AvgIpc) is 0.868. The Bertz CT molecular complexity index is 2940. The van der Waals surface area contributed by atoms with Crippen molar-refractivity contribution in [1.82, 2.24) is 15.7 Å². The molecule has 3 unspecified atom stereocenters. The van der Waals surface area contributed by atoms with E-state index in [9.17, 15) is 62.3 Å². The first-order valence-corrected chi connectivity index (χ1v) is 39.9. The van der Waals surface area contributed by atoms with Gasteiger partial charge in [-0.1, -0.05) is 118 Å². The SMILES string of the molecule is C=C(C)C(=O)OCCNC(=O)OCSCC(C)C(=O)OCCCCCCCCCCCC.C=C(C)C(=O)ON(C)COC(=O)CSCC(C)(C)C(=O)OC.C=CC(=O)OCCNC(=O)OCSCC(C)C(=O)OCCO.C=CC(=O)OCCOC(=O)Nc1cc(NC(=O)OCCSCC(C)C(=O)OCCO)ccc1C. The summed E-state index contributed by atoms with van der Waals surface area (Å²) >= 11 is 5.30. The second kappa shape index (κ2) is 68.8. The molecule has 1 rings (SSSR count). The lowest BCUT2D eigenvalue weighted by atomic mass is 9.97. The van der Waals surface area contributed by atoms with Crippen LogP contribution in [0.4, 0.5) is 30.6 Å². The van der Waals surface area contributed by atoms with Gasteiger partial charge in [0.15, 0.2) is 6.73 Å². The van der Waals surface area contributed by atoms with Gasteiger partial charge in [-0.05, 0) is 58.7 Å². The number of hydrogen-bond acceptors (Lipinski definition) is 33. The summed E-state index contributed by atoms with van der Waals surface area (Å²) in [5, 5.41) is 28.3. The van der Waals surface area contributed by atoms with Crippen LogP contribution in [-0.2, 0) is 105 Å². The Hall–Kier alpha value is -8.23. The van der Waals surface area contributed by atoms with E-state index >= 15 is 0 Å². The predicted molar refractivity (Wildman–Crippen MR) is 419 cm³/mol. The molecule has 110 heavy (non-hydrogen) atoms. The van der Waals surface area contributed by atoms with Crippen LogP contribution >= 0.6 is 47.0 Å². The standard InChI is InChI=1S/C24H43NO6S.C22H30N2O9S.C14H23NO6S.C13H21NO7S/c1-5-6-7-8-9-10-11-12-13-14-16-29-23(27)21(4)18-32-19-31-24(28)25-15-17-30-22(26)20(2)3;1-4-19(26)30-9-10-32-22(29)24-18-13-17(6-5-15(18)2)23-21(28)33-11-12-34-14-16(3)20(27)31-8-7-25;1-10(2)12(17)21-15(5)9-20-11(16)7-22-8-14(3,4)13(18)19-6;1-3-11(16)19-6-4-14-13(18)21-9-22-8-10(2)12(17)20-7-5-15/h21H,2,5-19H2,1,3-4H3,(H,25,28);4-6,13,16,25H,1,7-12,14H2,2-3H3,(H,23,28)(H,24,29);1,7-9H2,2-6H3;3,10,15H,1,4-9H2,2H3,(H,14,18). The van der Waals surface area contributed by atoms with Crippen LogP contribution in [0.15, 0.2) is 67.8 Å². The molecule has 1 aromatic carbocycles. The fraction of sp³-hybridized carbons (Fsp3) is 0.630. The van der Waals surface area contributed by atoms with Gasteiger partial charge in [-0.2, -0.15) is 11.8 Å². The number of aliphatic hydroxyl groups excluding tert-OH is 2. The lowest BCUT2D eigenvalue weighted by Crippen LogP contribution is -2.29. The van der Waals surface area contributed by atoms with Crippen molar-refractivity contribution < 1.29 is 134 Å². The molecule has 0 radical (unpaired) electrons.